The molecule has 2 aromatic rings. The quantitative estimate of drug-likeness (QED) is 0.845. The summed E-state index contributed by atoms with van der Waals surface area (Å²) in [4.78, 5) is 19.3. The summed E-state index contributed by atoms with van der Waals surface area (Å²) in [6.07, 6.45) is 5.83. The predicted octanol–water partition coefficient (Wildman–Crippen LogP) is 2.71. The van der Waals surface area contributed by atoms with Crippen molar-refractivity contribution >= 4 is 16.8 Å². The van der Waals surface area contributed by atoms with E-state index in [1.54, 1.807) is 18.3 Å². The average molecular weight is 326 g/mol. The van der Waals surface area contributed by atoms with E-state index in [-0.39, 0.29) is 23.8 Å². The van der Waals surface area contributed by atoms with Crippen LogP contribution in [-0.4, -0.2) is 44.7 Å². The first-order valence-electron chi connectivity index (χ1n) is 8.70. The Morgan fingerprint density at radius 1 is 1.25 bits per heavy atom. The summed E-state index contributed by atoms with van der Waals surface area (Å²) >= 11 is 0. The van der Waals surface area contributed by atoms with Gasteiger partial charge in [-0.1, -0.05) is 6.07 Å². The second kappa shape index (κ2) is 6.06. The first-order chi connectivity index (χ1) is 11.6. The van der Waals surface area contributed by atoms with E-state index in [1.165, 1.54) is 0 Å². The van der Waals surface area contributed by atoms with Gasteiger partial charge in [0, 0.05) is 24.2 Å². The van der Waals surface area contributed by atoms with Gasteiger partial charge < -0.3 is 15.1 Å². The SMILES string of the molecule is O=C(c1cc2ncccc2cc1O)N1CCC[C@H]2C[C@@H](O)CCC21. The first-order valence-corrected chi connectivity index (χ1v) is 8.70. The molecule has 3 atom stereocenters. The highest BCUT2D eigenvalue weighted by molar-refractivity contribution is 6.01. The Bertz CT molecular complexity index is 776. The minimum Gasteiger partial charge on any atom is -0.507 e. The third-order valence-electron chi connectivity index (χ3n) is 5.50. The van der Waals surface area contributed by atoms with Crippen LogP contribution < -0.4 is 0 Å². The Morgan fingerprint density at radius 3 is 3.00 bits per heavy atom. The number of fused-ring (bicyclic) bond motifs is 2. The van der Waals surface area contributed by atoms with Crippen LogP contribution >= 0.6 is 0 Å². The molecule has 1 amide bonds. The van der Waals surface area contributed by atoms with Gasteiger partial charge in [-0.3, -0.25) is 9.78 Å². The normalized spacial score (nSPS) is 27.0. The van der Waals surface area contributed by atoms with E-state index in [9.17, 15) is 15.0 Å². The third-order valence-corrected chi connectivity index (χ3v) is 5.50. The number of hydrogen-bond donors (Lipinski definition) is 2. The Labute approximate surface area is 140 Å². The van der Waals surface area contributed by atoms with Gasteiger partial charge in [-0.25, -0.2) is 0 Å². The third kappa shape index (κ3) is 2.63. The molecule has 0 bridgehead atoms. The van der Waals surface area contributed by atoms with Crippen molar-refractivity contribution in [1.82, 2.24) is 9.88 Å². The molecule has 2 fully saturated rings. The molecule has 1 aromatic carbocycles. The number of aromatic nitrogens is 1. The van der Waals surface area contributed by atoms with Gasteiger partial charge in [-0.2, -0.15) is 0 Å². The lowest BCUT2D eigenvalue weighted by Crippen LogP contribution is -2.51. The fourth-order valence-electron chi connectivity index (χ4n) is 4.32. The first kappa shape index (κ1) is 15.4. The molecule has 1 aromatic heterocycles. The van der Waals surface area contributed by atoms with E-state index >= 15 is 0 Å². The number of carbonyl (C=O) groups is 1. The van der Waals surface area contributed by atoms with Gasteiger partial charge in [-0.15, -0.1) is 0 Å². The minimum absolute atomic E-state index is 0.0125. The van der Waals surface area contributed by atoms with Crippen LogP contribution in [0.5, 0.6) is 5.75 Å². The second-order valence-corrected chi connectivity index (χ2v) is 7.00. The highest BCUT2D eigenvalue weighted by atomic mass is 16.3. The largest absolute Gasteiger partial charge is 0.507 e. The number of aliphatic hydroxyl groups is 1. The zero-order valence-corrected chi connectivity index (χ0v) is 13.6. The summed E-state index contributed by atoms with van der Waals surface area (Å²) in [6, 6.07) is 7.16. The lowest BCUT2D eigenvalue weighted by Gasteiger charge is -2.45. The van der Waals surface area contributed by atoms with Crippen molar-refractivity contribution in [3.8, 4) is 5.75 Å². The number of pyridine rings is 1. The van der Waals surface area contributed by atoms with Crippen LogP contribution in [0.4, 0.5) is 0 Å². The molecule has 1 aliphatic carbocycles. The van der Waals surface area contributed by atoms with Gasteiger partial charge in [0.25, 0.3) is 5.91 Å². The maximum absolute atomic E-state index is 13.1. The molecule has 24 heavy (non-hydrogen) atoms. The molecule has 0 spiro atoms. The number of benzene rings is 1. The van der Waals surface area contributed by atoms with Gasteiger partial charge in [0.2, 0.25) is 0 Å². The molecular formula is C19H22N2O3. The van der Waals surface area contributed by atoms with Crippen molar-refractivity contribution in [3.63, 3.8) is 0 Å². The number of rotatable bonds is 1. The van der Waals surface area contributed by atoms with Gasteiger partial charge in [0.05, 0.1) is 17.2 Å². The van der Waals surface area contributed by atoms with Crippen molar-refractivity contribution in [2.75, 3.05) is 6.54 Å². The molecule has 1 aliphatic heterocycles. The Balaban J connectivity index is 1.66. The van der Waals surface area contributed by atoms with E-state index < -0.39 is 0 Å². The smallest absolute Gasteiger partial charge is 0.257 e. The number of nitrogens with zero attached hydrogens (tertiary/aromatic N) is 2. The summed E-state index contributed by atoms with van der Waals surface area (Å²) in [5.41, 5.74) is 1.04. The van der Waals surface area contributed by atoms with Crippen molar-refractivity contribution in [2.24, 2.45) is 5.92 Å². The summed E-state index contributed by atoms with van der Waals surface area (Å²) in [7, 11) is 0. The lowest BCUT2D eigenvalue weighted by atomic mass is 9.77. The van der Waals surface area contributed by atoms with Crippen LogP contribution in [0.3, 0.4) is 0 Å². The van der Waals surface area contributed by atoms with Crippen LogP contribution in [0.15, 0.2) is 30.5 Å². The van der Waals surface area contributed by atoms with Crippen LogP contribution in [0.2, 0.25) is 0 Å². The number of carbonyl (C=O) groups excluding carboxylic acids is 1. The van der Waals surface area contributed by atoms with Gasteiger partial charge in [-0.05, 0) is 56.2 Å². The standard InChI is InChI=1S/C19H22N2O3/c22-14-5-6-17-13(9-14)4-2-8-21(17)19(24)15-11-16-12(10-18(15)23)3-1-7-20-16/h1,3,7,10-11,13-14,17,22-23H,2,4-6,8-9H2/t13-,14-,17?/m0/s1. The van der Waals surface area contributed by atoms with Crippen LogP contribution in [0.25, 0.3) is 10.9 Å². The maximum atomic E-state index is 13.1. The number of likely N-dealkylation sites (tertiary alicyclic amines) is 1. The summed E-state index contributed by atoms with van der Waals surface area (Å²) in [6.45, 7) is 0.718. The Hall–Kier alpha value is -2.14. The molecule has 1 unspecified atom stereocenters. The van der Waals surface area contributed by atoms with Crippen molar-refractivity contribution < 1.29 is 15.0 Å². The molecule has 1 saturated heterocycles. The van der Waals surface area contributed by atoms with E-state index in [0.717, 1.165) is 44.0 Å². The predicted molar refractivity (Wildman–Crippen MR) is 90.8 cm³/mol. The van der Waals surface area contributed by atoms with Gasteiger partial charge in [0.1, 0.15) is 5.75 Å². The van der Waals surface area contributed by atoms with Crippen LogP contribution in [0, 0.1) is 5.92 Å². The zero-order chi connectivity index (χ0) is 16.7. The molecule has 0 radical (unpaired) electrons. The Morgan fingerprint density at radius 2 is 2.12 bits per heavy atom. The van der Waals surface area contributed by atoms with Crippen LogP contribution in [-0.2, 0) is 0 Å². The summed E-state index contributed by atoms with van der Waals surface area (Å²) in [5.74, 6) is 0.261. The fourth-order valence-corrected chi connectivity index (χ4v) is 4.32. The summed E-state index contributed by atoms with van der Waals surface area (Å²) < 4.78 is 0. The highest BCUT2D eigenvalue weighted by Crippen LogP contribution is 2.37. The van der Waals surface area contributed by atoms with Crippen LogP contribution in [0.1, 0.15) is 42.5 Å². The number of phenolic OH excluding ortho intramolecular Hbond substituents is 1. The van der Waals surface area contributed by atoms with E-state index in [0.29, 0.717) is 17.0 Å². The molecule has 2 heterocycles. The maximum Gasteiger partial charge on any atom is 0.257 e. The van der Waals surface area contributed by atoms with E-state index in [2.05, 4.69) is 4.98 Å². The van der Waals surface area contributed by atoms with Crippen molar-refractivity contribution in [2.45, 2.75) is 44.2 Å². The molecule has 4 rings (SSSR count). The minimum atomic E-state index is -0.237. The second-order valence-electron chi connectivity index (χ2n) is 7.00. The number of amides is 1. The summed E-state index contributed by atoms with van der Waals surface area (Å²) in [5, 5.41) is 21.1. The number of hydrogen-bond acceptors (Lipinski definition) is 4. The molecule has 2 aliphatic rings. The highest BCUT2D eigenvalue weighted by Gasteiger charge is 2.39. The topological polar surface area (TPSA) is 73.7 Å². The van der Waals surface area contributed by atoms with E-state index in [4.69, 9.17) is 0 Å². The average Bonchev–Trinajstić information content (AvgIpc) is 2.59. The molecule has 1 saturated carbocycles. The molecule has 5 heteroatoms. The Kier molecular flexibility index (Phi) is 3.88. The fraction of sp³-hybridized carbons (Fsp3) is 0.474. The van der Waals surface area contributed by atoms with Crippen molar-refractivity contribution in [3.05, 3.63) is 36.0 Å². The number of phenols is 1. The van der Waals surface area contributed by atoms with Gasteiger partial charge >= 0.3 is 0 Å². The molecular weight excluding hydrogens is 304 g/mol. The number of aliphatic hydroxyl groups excluding tert-OH is 1. The number of aromatic hydroxyl groups is 1. The van der Waals surface area contributed by atoms with Crippen molar-refractivity contribution in [1.29, 1.82) is 0 Å². The zero-order valence-electron chi connectivity index (χ0n) is 13.6. The lowest BCUT2D eigenvalue weighted by molar-refractivity contribution is 0.00713. The molecule has 2 N–H and O–H groups in total. The van der Waals surface area contributed by atoms with E-state index in [1.807, 2.05) is 17.0 Å². The number of piperidine rings is 1. The molecule has 5 nitrogen and oxygen atoms in total. The molecule has 126 valence electrons. The monoisotopic (exact) mass is 326 g/mol. The van der Waals surface area contributed by atoms with Gasteiger partial charge in [0.15, 0.2) is 0 Å².